The molecule has 9 heavy (non-hydrogen) atoms. The Bertz CT molecular complexity index is 143. The minimum Gasteiger partial charge on any atom is -0.359 e. The molecule has 1 aliphatic rings. The summed E-state index contributed by atoms with van der Waals surface area (Å²) in [5.41, 5.74) is 5.07. The van der Waals surface area contributed by atoms with Crippen LogP contribution in [0.4, 0.5) is 0 Å². The Morgan fingerprint density at radius 2 is 2.44 bits per heavy atom. The average molecular weight is 124 g/mol. The van der Waals surface area contributed by atoms with E-state index in [0.717, 1.165) is 6.54 Å². The highest BCUT2D eigenvalue weighted by molar-refractivity contribution is 5.03. The molecule has 2 heteroatoms. The predicted octanol–water partition coefficient (Wildman–Crippen LogP) is -0.142. The molecular weight excluding hydrogens is 112 g/mol. The van der Waals surface area contributed by atoms with Crippen molar-refractivity contribution in [3.63, 3.8) is 0 Å². The molecule has 0 spiro atoms. The van der Waals surface area contributed by atoms with Gasteiger partial charge >= 0.3 is 0 Å². The van der Waals surface area contributed by atoms with Crippen LogP contribution in [0.25, 0.3) is 0 Å². The van der Waals surface area contributed by atoms with Gasteiger partial charge in [0.15, 0.2) is 0 Å². The van der Waals surface area contributed by atoms with Gasteiger partial charge in [-0.25, -0.2) is 0 Å². The SMILES string of the molecule is CN1CCC(C#CN)C1. The second-order valence-corrected chi connectivity index (χ2v) is 2.54. The monoisotopic (exact) mass is 124 g/mol. The Labute approximate surface area is 56.0 Å². The van der Waals surface area contributed by atoms with E-state index in [4.69, 9.17) is 5.73 Å². The van der Waals surface area contributed by atoms with Gasteiger partial charge in [0, 0.05) is 18.5 Å². The number of hydrogen-bond acceptors (Lipinski definition) is 2. The van der Waals surface area contributed by atoms with Gasteiger partial charge in [-0.3, -0.25) is 0 Å². The summed E-state index contributed by atoms with van der Waals surface area (Å²) in [4.78, 5) is 2.27. The van der Waals surface area contributed by atoms with Gasteiger partial charge in [0.1, 0.15) is 0 Å². The van der Waals surface area contributed by atoms with Crippen LogP contribution in [0.5, 0.6) is 0 Å². The van der Waals surface area contributed by atoms with Crippen molar-refractivity contribution in [1.29, 1.82) is 0 Å². The van der Waals surface area contributed by atoms with Gasteiger partial charge < -0.3 is 10.6 Å². The number of nitrogens with zero attached hydrogens (tertiary/aromatic N) is 1. The lowest BCUT2D eigenvalue weighted by Crippen LogP contribution is -2.13. The number of likely N-dealkylation sites (tertiary alicyclic amines) is 1. The summed E-state index contributed by atoms with van der Waals surface area (Å²) in [7, 11) is 2.11. The van der Waals surface area contributed by atoms with Crippen LogP contribution in [0, 0.1) is 17.9 Å². The maximum atomic E-state index is 5.07. The average Bonchev–Trinajstić information content (AvgIpc) is 2.17. The maximum absolute atomic E-state index is 5.07. The normalized spacial score (nSPS) is 27.4. The van der Waals surface area contributed by atoms with Crippen LogP contribution in [0.2, 0.25) is 0 Å². The lowest BCUT2D eigenvalue weighted by atomic mass is 10.1. The molecule has 0 aliphatic carbocycles. The molecule has 1 aliphatic heterocycles. The van der Waals surface area contributed by atoms with E-state index < -0.39 is 0 Å². The Balaban J connectivity index is 2.36. The summed E-state index contributed by atoms with van der Waals surface area (Å²) >= 11 is 0. The maximum Gasteiger partial charge on any atom is 0.0360 e. The van der Waals surface area contributed by atoms with Crippen LogP contribution in [-0.4, -0.2) is 25.0 Å². The van der Waals surface area contributed by atoms with Gasteiger partial charge in [-0.1, -0.05) is 5.92 Å². The Kier molecular flexibility index (Phi) is 1.96. The highest BCUT2D eigenvalue weighted by Gasteiger charge is 2.16. The Morgan fingerprint density at radius 1 is 1.67 bits per heavy atom. The van der Waals surface area contributed by atoms with Crippen molar-refractivity contribution in [2.45, 2.75) is 6.42 Å². The quantitative estimate of drug-likeness (QED) is 0.359. The number of nitrogens with two attached hydrogens (primary N) is 1. The molecule has 1 atom stereocenters. The molecule has 0 saturated carbocycles. The fourth-order valence-electron chi connectivity index (χ4n) is 1.17. The van der Waals surface area contributed by atoms with E-state index >= 15 is 0 Å². The molecule has 1 saturated heterocycles. The van der Waals surface area contributed by atoms with Crippen molar-refractivity contribution in [3.8, 4) is 12.0 Å². The molecular formula is C7H12N2. The third kappa shape index (κ3) is 1.62. The van der Waals surface area contributed by atoms with Crippen molar-refractivity contribution in [2.75, 3.05) is 20.1 Å². The highest BCUT2D eigenvalue weighted by Crippen LogP contribution is 2.11. The van der Waals surface area contributed by atoms with Crippen LogP contribution in [0.3, 0.4) is 0 Å². The zero-order chi connectivity index (χ0) is 6.69. The van der Waals surface area contributed by atoms with Gasteiger partial charge in [0.05, 0.1) is 0 Å². The minimum atomic E-state index is 0.528. The summed E-state index contributed by atoms with van der Waals surface area (Å²) in [6, 6.07) is 2.45. The molecule has 0 aromatic carbocycles. The van der Waals surface area contributed by atoms with Gasteiger partial charge in [-0.15, -0.1) is 0 Å². The summed E-state index contributed by atoms with van der Waals surface area (Å²) < 4.78 is 0. The smallest absolute Gasteiger partial charge is 0.0360 e. The van der Waals surface area contributed by atoms with Gasteiger partial charge in [0.25, 0.3) is 0 Å². The van der Waals surface area contributed by atoms with E-state index in [1.165, 1.54) is 13.0 Å². The van der Waals surface area contributed by atoms with Crippen LogP contribution in [0.1, 0.15) is 6.42 Å². The fourth-order valence-corrected chi connectivity index (χ4v) is 1.17. The third-order valence-electron chi connectivity index (χ3n) is 1.68. The molecule has 50 valence electrons. The summed E-state index contributed by atoms with van der Waals surface area (Å²) in [5, 5.41) is 0. The van der Waals surface area contributed by atoms with E-state index in [2.05, 4.69) is 23.9 Å². The second kappa shape index (κ2) is 2.75. The van der Waals surface area contributed by atoms with E-state index in [1.807, 2.05) is 0 Å². The lowest BCUT2D eigenvalue weighted by molar-refractivity contribution is 0.409. The molecule has 1 fully saturated rings. The minimum absolute atomic E-state index is 0.528. The topological polar surface area (TPSA) is 29.3 Å². The first-order chi connectivity index (χ1) is 4.33. The molecule has 0 bridgehead atoms. The molecule has 1 rings (SSSR count). The molecule has 0 aromatic rings. The highest BCUT2D eigenvalue weighted by atomic mass is 15.1. The molecule has 2 nitrogen and oxygen atoms in total. The number of rotatable bonds is 0. The summed E-state index contributed by atoms with van der Waals surface area (Å²) in [6.45, 7) is 2.25. The van der Waals surface area contributed by atoms with Gasteiger partial charge in [-0.05, 0) is 20.0 Å². The first-order valence-corrected chi connectivity index (χ1v) is 3.22. The largest absolute Gasteiger partial charge is 0.359 e. The van der Waals surface area contributed by atoms with Crippen LogP contribution in [0.15, 0.2) is 0 Å². The van der Waals surface area contributed by atoms with E-state index in [9.17, 15) is 0 Å². The third-order valence-corrected chi connectivity index (χ3v) is 1.68. The lowest BCUT2D eigenvalue weighted by Gasteiger charge is -2.03. The van der Waals surface area contributed by atoms with E-state index in [-0.39, 0.29) is 0 Å². The van der Waals surface area contributed by atoms with Crippen molar-refractivity contribution in [2.24, 2.45) is 11.7 Å². The Morgan fingerprint density at radius 3 is 2.89 bits per heavy atom. The zero-order valence-corrected chi connectivity index (χ0v) is 5.72. The van der Waals surface area contributed by atoms with Crippen molar-refractivity contribution >= 4 is 0 Å². The standard InChI is InChI=1S/C7H12N2/c1-9-5-3-7(6-9)2-4-8/h7H,3,5-6,8H2,1H3. The molecule has 2 N–H and O–H groups in total. The first-order valence-electron chi connectivity index (χ1n) is 3.22. The van der Waals surface area contributed by atoms with Crippen molar-refractivity contribution in [1.82, 2.24) is 4.90 Å². The van der Waals surface area contributed by atoms with E-state index in [1.54, 1.807) is 0 Å². The molecule has 0 aromatic heterocycles. The van der Waals surface area contributed by atoms with Crippen LogP contribution in [-0.2, 0) is 0 Å². The Hall–Kier alpha value is -0.680. The molecule has 0 amide bonds. The van der Waals surface area contributed by atoms with Crippen LogP contribution >= 0.6 is 0 Å². The van der Waals surface area contributed by atoms with Gasteiger partial charge in [0.2, 0.25) is 0 Å². The van der Waals surface area contributed by atoms with Crippen LogP contribution < -0.4 is 5.73 Å². The fraction of sp³-hybridized carbons (Fsp3) is 0.714. The molecule has 0 radical (unpaired) electrons. The van der Waals surface area contributed by atoms with Crippen molar-refractivity contribution in [3.05, 3.63) is 0 Å². The number of hydrogen-bond donors (Lipinski definition) is 1. The molecule has 1 unspecified atom stereocenters. The van der Waals surface area contributed by atoms with Crippen molar-refractivity contribution < 1.29 is 0 Å². The summed E-state index contributed by atoms with van der Waals surface area (Å²) in [6.07, 6.45) is 1.18. The molecule has 1 heterocycles. The first kappa shape index (κ1) is 6.44. The zero-order valence-electron chi connectivity index (χ0n) is 5.72. The van der Waals surface area contributed by atoms with E-state index in [0.29, 0.717) is 5.92 Å². The summed E-state index contributed by atoms with van der Waals surface area (Å²) in [5.74, 6) is 3.49. The van der Waals surface area contributed by atoms with Gasteiger partial charge in [-0.2, -0.15) is 0 Å². The second-order valence-electron chi connectivity index (χ2n) is 2.54. The predicted molar refractivity (Wildman–Crippen MR) is 37.6 cm³/mol.